The molecule has 0 aliphatic carbocycles. The summed E-state index contributed by atoms with van der Waals surface area (Å²) in [6.07, 6.45) is -2.32. The van der Waals surface area contributed by atoms with E-state index in [-0.39, 0.29) is 11.0 Å². The quantitative estimate of drug-likeness (QED) is 0.636. The van der Waals surface area contributed by atoms with Crippen LogP contribution >= 0.6 is 15.9 Å². The number of carbonyl (C=O) groups excluding carboxylic acids is 1. The number of carbonyl (C=O) groups is 1. The Morgan fingerprint density at radius 1 is 1.62 bits per heavy atom. The summed E-state index contributed by atoms with van der Waals surface area (Å²) in [5.74, 6) is -2.31. The zero-order valence-electron chi connectivity index (χ0n) is 8.14. The summed E-state index contributed by atoms with van der Waals surface area (Å²) in [6, 6.07) is 0. The summed E-state index contributed by atoms with van der Waals surface area (Å²) in [4.78, 5) is 14.8. The highest BCUT2D eigenvalue weighted by atomic mass is 79.9. The first-order valence-electron chi connectivity index (χ1n) is 4.12. The number of hydrogen-bond donors (Lipinski definition) is 0. The van der Waals surface area contributed by atoms with Crippen LogP contribution in [0.1, 0.15) is 28.0 Å². The Hall–Kier alpha value is -1.11. The minimum absolute atomic E-state index is 0.0220. The summed E-state index contributed by atoms with van der Waals surface area (Å²) < 4.78 is 42.6. The Morgan fingerprint density at radius 2 is 2.25 bits per heavy atom. The molecule has 1 aromatic heterocycles. The molecule has 0 saturated carbocycles. The SMILES string of the molecule is COC(=O)c1c(CBr)ncc(C(F)F)c1F. The van der Waals surface area contributed by atoms with Gasteiger partial charge in [0.2, 0.25) is 0 Å². The smallest absolute Gasteiger partial charge is 0.342 e. The van der Waals surface area contributed by atoms with Crippen LogP contribution in [-0.2, 0) is 10.1 Å². The Kier molecular flexibility index (Phi) is 4.28. The van der Waals surface area contributed by atoms with Crippen molar-refractivity contribution in [3.8, 4) is 0 Å². The number of alkyl halides is 3. The second-order valence-electron chi connectivity index (χ2n) is 2.78. The second kappa shape index (κ2) is 5.29. The summed E-state index contributed by atoms with van der Waals surface area (Å²) in [5.41, 5.74) is -1.45. The van der Waals surface area contributed by atoms with Gasteiger partial charge in [-0.2, -0.15) is 0 Å². The molecule has 3 nitrogen and oxygen atoms in total. The molecular weight excluding hydrogens is 291 g/mol. The molecule has 0 spiro atoms. The van der Waals surface area contributed by atoms with Gasteiger partial charge in [0.25, 0.3) is 6.43 Å². The lowest BCUT2D eigenvalue weighted by Gasteiger charge is -2.09. The standard InChI is InChI=1S/C9H7BrF3NO2/c1-16-9(15)6-5(2-10)14-3-4(7(6)11)8(12)13/h3,8H,2H2,1H3. The van der Waals surface area contributed by atoms with Crippen LogP contribution in [0, 0.1) is 5.82 Å². The average Bonchev–Trinajstić information content (AvgIpc) is 2.26. The molecule has 88 valence electrons. The minimum Gasteiger partial charge on any atom is -0.465 e. The Labute approximate surface area is 97.8 Å². The normalized spacial score (nSPS) is 10.6. The van der Waals surface area contributed by atoms with Gasteiger partial charge in [-0.1, -0.05) is 15.9 Å². The van der Waals surface area contributed by atoms with E-state index in [1.807, 2.05) is 0 Å². The van der Waals surface area contributed by atoms with Gasteiger partial charge in [0.05, 0.1) is 18.4 Å². The highest BCUT2D eigenvalue weighted by Gasteiger charge is 2.25. The van der Waals surface area contributed by atoms with E-state index in [9.17, 15) is 18.0 Å². The summed E-state index contributed by atoms with van der Waals surface area (Å²) >= 11 is 2.98. The molecule has 0 saturated heterocycles. The van der Waals surface area contributed by atoms with E-state index in [0.717, 1.165) is 7.11 Å². The van der Waals surface area contributed by atoms with Crippen molar-refractivity contribution in [2.24, 2.45) is 0 Å². The lowest BCUT2D eigenvalue weighted by molar-refractivity contribution is 0.0592. The third-order valence-corrected chi connectivity index (χ3v) is 2.40. The summed E-state index contributed by atoms with van der Waals surface area (Å²) in [5, 5.41) is 0.0673. The molecule has 0 fully saturated rings. The van der Waals surface area contributed by atoms with Crippen LogP contribution < -0.4 is 0 Å². The third kappa shape index (κ3) is 2.34. The van der Waals surface area contributed by atoms with Crippen molar-refractivity contribution in [1.29, 1.82) is 0 Å². The van der Waals surface area contributed by atoms with E-state index < -0.39 is 29.3 Å². The Morgan fingerprint density at radius 3 is 2.69 bits per heavy atom. The summed E-state index contributed by atoms with van der Waals surface area (Å²) in [6.45, 7) is 0. The number of esters is 1. The van der Waals surface area contributed by atoms with Gasteiger partial charge >= 0.3 is 5.97 Å². The van der Waals surface area contributed by atoms with E-state index >= 15 is 0 Å². The monoisotopic (exact) mass is 297 g/mol. The second-order valence-corrected chi connectivity index (χ2v) is 3.34. The maximum Gasteiger partial charge on any atom is 0.342 e. The van der Waals surface area contributed by atoms with E-state index in [1.54, 1.807) is 0 Å². The number of hydrogen-bond acceptors (Lipinski definition) is 3. The molecule has 0 bridgehead atoms. The van der Waals surface area contributed by atoms with E-state index in [0.29, 0.717) is 6.20 Å². The summed E-state index contributed by atoms with van der Waals surface area (Å²) in [7, 11) is 1.04. The molecule has 7 heteroatoms. The molecule has 0 N–H and O–H groups in total. The van der Waals surface area contributed by atoms with Crippen molar-refractivity contribution >= 4 is 21.9 Å². The molecule has 16 heavy (non-hydrogen) atoms. The lowest BCUT2D eigenvalue weighted by atomic mass is 10.1. The van der Waals surface area contributed by atoms with E-state index in [4.69, 9.17) is 0 Å². The number of rotatable bonds is 3. The fourth-order valence-electron chi connectivity index (χ4n) is 1.10. The number of ether oxygens (including phenoxy) is 1. The molecular formula is C9H7BrF3NO2. The lowest BCUT2D eigenvalue weighted by Crippen LogP contribution is -2.12. The molecule has 1 aromatic rings. The van der Waals surface area contributed by atoms with Crippen molar-refractivity contribution in [2.45, 2.75) is 11.8 Å². The predicted octanol–water partition coefficient (Wildman–Crippen LogP) is 2.84. The fourth-order valence-corrected chi connectivity index (χ4v) is 1.53. The van der Waals surface area contributed by atoms with Crippen molar-refractivity contribution in [1.82, 2.24) is 4.98 Å². The largest absolute Gasteiger partial charge is 0.465 e. The van der Waals surface area contributed by atoms with Crippen LogP contribution in [0.4, 0.5) is 13.2 Å². The number of aromatic nitrogens is 1. The number of nitrogens with zero attached hydrogens (tertiary/aromatic N) is 1. The van der Waals surface area contributed by atoms with Crippen LogP contribution in [0.5, 0.6) is 0 Å². The number of methoxy groups -OCH3 is 1. The zero-order valence-corrected chi connectivity index (χ0v) is 9.72. The topological polar surface area (TPSA) is 39.2 Å². The molecule has 0 aliphatic heterocycles. The van der Waals surface area contributed by atoms with Gasteiger partial charge in [-0.05, 0) is 0 Å². The van der Waals surface area contributed by atoms with Crippen LogP contribution in [0.15, 0.2) is 6.20 Å². The molecule has 1 rings (SSSR count). The maximum absolute atomic E-state index is 13.6. The first-order chi connectivity index (χ1) is 7.52. The Bertz CT molecular complexity index is 412. The Balaban J connectivity index is 3.40. The van der Waals surface area contributed by atoms with Crippen LogP contribution in [0.3, 0.4) is 0 Å². The van der Waals surface area contributed by atoms with E-state index in [1.165, 1.54) is 0 Å². The fraction of sp³-hybridized carbons (Fsp3) is 0.333. The molecule has 0 atom stereocenters. The van der Waals surface area contributed by atoms with Gasteiger partial charge < -0.3 is 4.74 Å². The number of halogens is 4. The first-order valence-corrected chi connectivity index (χ1v) is 5.24. The van der Waals surface area contributed by atoms with Gasteiger partial charge in [0, 0.05) is 11.5 Å². The van der Waals surface area contributed by atoms with Gasteiger partial charge in [-0.15, -0.1) is 0 Å². The maximum atomic E-state index is 13.6. The molecule has 0 radical (unpaired) electrons. The van der Waals surface area contributed by atoms with Gasteiger partial charge in [0.1, 0.15) is 11.4 Å². The van der Waals surface area contributed by atoms with Gasteiger partial charge in [-0.3, -0.25) is 4.98 Å². The van der Waals surface area contributed by atoms with Crippen molar-refractivity contribution in [3.63, 3.8) is 0 Å². The van der Waals surface area contributed by atoms with Crippen molar-refractivity contribution in [3.05, 3.63) is 28.8 Å². The van der Waals surface area contributed by atoms with Crippen LogP contribution in [-0.4, -0.2) is 18.1 Å². The highest BCUT2D eigenvalue weighted by molar-refractivity contribution is 9.08. The van der Waals surface area contributed by atoms with Gasteiger partial charge in [-0.25, -0.2) is 18.0 Å². The molecule has 0 unspecified atom stereocenters. The van der Waals surface area contributed by atoms with Crippen molar-refractivity contribution < 1.29 is 22.7 Å². The van der Waals surface area contributed by atoms with E-state index in [2.05, 4.69) is 25.7 Å². The van der Waals surface area contributed by atoms with Crippen LogP contribution in [0.2, 0.25) is 0 Å². The molecule has 0 aromatic carbocycles. The molecule has 0 amide bonds. The molecule has 0 aliphatic rings. The van der Waals surface area contributed by atoms with Gasteiger partial charge in [0.15, 0.2) is 0 Å². The third-order valence-electron chi connectivity index (χ3n) is 1.87. The van der Waals surface area contributed by atoms with Crippen molar-refractivity contribution in [2.75, 3.05) is 7.11 Å². The minimum atomic E-state index is -3.03. The highest BCUT2D eigenvalue weighted by Crippen LogP contribution is 2.26. The molecule has 1 heterocycles. The average molecular weight is 298 g/mol. The predicted molar refractivity (Wildman–Crippen MR) is 53.1 cm³/mol. The van der Waals surface area contributed by atoms with Crippen LogP contribution in [0.25, 0.3) is 0 Å². The zero-order chi connectivity index (χ0) is 12.3. The number of pyridine rings is 1. The first kappa shape index (κ1) is 13.0.